The SMILES string of the molecule is COC(=O)[C@@H](CO)N(CCN(Cc1ccc(OC)cc1)C(=O)OC(C)(C)C)OC(=O)OCc1ccccc1. The predicted octanol–water partition coefficient (Wildman–Crippen LogP) is 3.54. The second-order valence-electron chi connectivity index (χ2n) is 9.23. The van der Waals surface area contributed by atoms with Crippen LogP contribution in [0.2, 0.25) is 0 Å². The largest absolute Gasteiger partial charge is 0.528 e. The van der Waals surface area contributed by atoms with Gasteiger partial charge in [0.1, 0.15) is 18.0 Å². The first-order chi connectivity index (χ1) is 18.1. The third kappa shape index (κ3) is 10.3. The number of hydroxylamine groups is 2. The minimum absolute atomic E-state index is 0.0274. The van der Waals surface area contributed by atoms with E-state index in [4.69, 9.17) is 23.8 Å². The van der Waals surface area contributed by atoms with Crippen LogP contribution in [-0.4, -0.2) is 78.8 Å². The highest BCUT2D eigenvalue weighted by atomic mass is 16.8. The van der Waals surface area contributed by atoms with Gasteiger partial charge in [0.25, 0.3) is 0 Å². The Balaban J connectivity index is 2.18. The van der Waals surface area contributed by atoms with Crippen molar-refractivity contribution in [2.45, 2.75) is 45.6 Å². The number of aliphatic hydroxyl groups excluding tert-OH is 1. The van der Waals surface area contributed by atoms with Gasteiger partial charge < -0.3 is 33.8 Å². The molecule has 208 valence electrons. The van der Waals surface area contributed by atoms with Crippen LogP contribution in [0, 0.1) is 0 Å². The fourth-order valence-electron chi connectivity index (χ4n) is 3.25. The van der Waals surface area contributed by atoms with Gasteiger partial charge in [0, 0.05) is 13.1 Å². The van der Waals surface area contributed by atoms with Gasteiger partial charge in [-0.2, -0.15) is 0 Å². The van der Waals surface area contributed by atoms with Crippen molar-refractivity contribution in [2.75, 3.05) is 33.9 Å². The first-order valence-electron chi connectivity index (χ1n) is 12.0. The van der Waals surface area contributed by atoms with Crippen LogP contribution in [0.25, 0.3) is 0 Å². The first kappa shape index (κ1) is 30.4. The Kier molecular flexibility index (Phi) is 11.8. The van der Waals surface area contributed by atoms with Crippen LogP contribution in [0.5, 0.6) is 5.75 Å². The quantitative estimate of drug-likeness (QED) is 0.247. The molecule has 11 nitrogen and oxygen atoms in total. The van der Waals surface area contributed by atoms with Crippen LogP contribution >= 0.6 is 0 Å². The summed E-state index contributed by atoms with van der Waals surface area (Å²) in [6.07, 6.45) is -1.70. The molecular weight excluding hydrogens is 496 g/mol. The average molecular weight is 533 g/mol. The normalized spacial score (nSPS) is 11.9. The van der Waals surface area contributed by atoms with Crippen molar-refractivity contribution in [2.24, 2.45) is 0 Å². The van der Waals surface area contributed by atoms with Gasteiger partial charge in [-0.05, 0) is 44.0 Å². The summed E-state index contributed by atoms with van der Waals surface area (Å²) in [6.45, 7) is 4.44. The van der Waals surface area contributed by atoms with E-state index in [1.54, 1.807) is 76.4 Å². The van der Waals surface area contributed by atoms with E-state index in [1.807, 2.05) is 6.07 Å². The molecule has 1 atom stereocenters. The maximum atomic E-state index is 13.0. The Labute approximate surface area is 222 Å². The molecule has 0 saturated heterocycles. The molecule has 0 spiro atoms. The maximum absolute atomic E-state index is 13.0. The van der Waals surface area contributed by atoms with Crippen LogP contribution in [-0.2, 0) is 37.0 Å². The Morgan fingerprint density at radius 1 is 0.921 bits per heavy atom. The maximum Gasteiger partial charge on any atom is 0.528 e. The molecule has 2 aromatic carbocycles. The van der Waals surface area contributed by atoms with Gasteiger partial charge >= 0.3 is 18.2 Å². The van der Waals surface area contributed by atoms with Crippen molar-refractivity contribution >= 4 is 18.2 Å². The summed E-state index contributed by atoms with van der Waals surface area (Å²) in [6, 6.07) is 14.8. The fourth-order valence-corrected chi connectivity index (χ4v) is 3.25. The van der Waals surface area contributed by atoms with Crippen LogP contribution in [0.1, 0.15) is 31.9 Å². The molecule has 0 aromatic heterocycles. The molecular formula is C27H36N2O9. The highest BCUT2D eigenvalue weighted by Crippen LogP contribution is 2.17. The Morgan fingerprint density at radius 2 is 1.58 bits per heavy atom. The van der Waals surface area contributed by atoms with Gasteiger partial charge in [-0.25, -0.2) is 9.59 Å². The lowest BCUT2D eigenvalue weighted by Gasteiger charge is -2.31. The first-order valence-corrected chi connectivity index (χ1v) is 12.0. The number of carbonyl (C=O) groups is 3. The number of hydrogen-bond donors (Lipinski definition) is 1. The van der Waals surface area contributed by atoms with Gasteiger partial charge in [-0.3, -0.25) is 4.79 Å². The van der Waals surface area contributed by atoms with Crippen molar-refractivity contribution in [1.29, 1.82) is 0 Å². The molecule has 0 aliphatic heterocycles. The van der Waals surface area contributed by atoms with E-state index in [2.05, 4.69) is 0 Å². The number of hydrogen-bond acceptors (Lipinski definition) is 10. The molecule has 0 fully saturated rings. The van der Waals surface area contributed by atoms with Crippen molar-refractivity contribution in [3.63, 3.8) is 0 Å². The highest BCUT2D eigenvalue weighted by Gasteiger charge is 2.32. The van der Waals surface area contributed by atoms with Gasteiger partial charge in [-0.1, -0.05) is 42.5 Å². The van der Waals surface area contributed by atoms with Gasteiger partial charge in [0.2, 0.25) is 0 Å². The van der Waals surface area contributed by atoms with E-state index in [9.17, 15) is 19.5 Å². The summed E-state index contributed by atoms with van der Waals surface area (Å²) in [5, 5.41) is 10.8. The van der Waals surface area contributed by atoms with E-state index < -0.39 is 36.5 Å². The number of nitrogens with zero attached hydrogens (tertiary/aromatic N) is 2. The smallest absolute Gasteiger partial charge is 0.497 e. The number of aliphatic hydroxyl groups is 1. The van der Waals surface area contributed by atoms with E-state index in [1.165, 1.54) is 4.90 Å². The fraction of sp³-hybridized carbons (Fsp3) is 0.444. The summed E-state index contributed by atoms with van der Waals surface area (Å²) < 4.78 is 20.6. The van der Waals surface area contributed by atoms with Crippen LogP contribution < -0.4 is 4.74 Å². The minimum Gasteiger partial charge on any atom is -0.497 e. The molecule has 11 heteroatoms. The molecule has 2 aromatic rings. The van der Waals surface area contributed by atoms with Crippen molar-refractivity contribution < 1.29 is 43.3 Å². The number of esters is 1. The molecule has 0 bridgehead atoms. The Morgan fingerprint density at radius 3 is 2.13 bits per heavy atom. The minimum atomic E-state index is -1.34. The van der Waals surface area contributed by atoms with E-state index in [-0.39, 0.29) is 26.2 Å². The number of rotatable bonds is 12. The van der Waals surface area contributed by atoms with E-state index in [0.717, 1.165) is 23.3 Å². The molecule has 38 heavy (non-hydrogen) atoms. The zero-order valence-electron chi connectivity index (χ0n) is 22.4. The Hall–Kier alpha value is -3.83. The summed E-state index contributed by atoms with van der Waals surface area (Å²) in [7, 11) is 2.70. The predicted molar refractivity (Wildman–Crippen MR) is 137 cm³/mol. The number of methoxy groups -OCH3 is 2. The van der Waals surface area contributed by atoms with Crippen LogP contribution in [0.3, 0.4) is 0 Å². The number of amides is 1. The second-order valence-corrected chi connectivity index (χ2v) is 9.23. The third-order valence-electron chi connectivity index (χ3n) is 5.16. The molecule has 1 N–H and O–H groups in total. The molecule has 0 unspecified atom stereocenters. The molecule has 1 amide bonds. The zero-order chi connectivity index (χ0) is 28.1. The van der Waals surface area contributed by atoms with Gasteiger partial charge in [0.15, 0.2) is 6.04 Å². The number of ether oxygens (including phenoxy) is 4. The monoisotopic (exact) mass is 532 g/mol. The van der Waals surface area contributed by atoms with Gasteiger partial charge in [0.05, 0.1) is 27.4 Å². The molecule has 0 saturated carbocycles. The highest BCUT2D eigenvalue weighted by molar-refractivity contribution is 5.76. The van der Waals surface area contributed by atoms with Crippen molar-refractivity contribution in [1.82, 2.24) is 9.96 Å². The van der Waals surface area contributed by atoms with E-state index in [0.29, 0.717) is 5.75 Å². The average Bonchev–Trinajstić information content (AvgIpc) is 2.89. The van der Waals surface area contributed by atoms with Gasteiger partial charge in [-0.15, -0.1) is 5.06 Å². The number of benzene rings is 2. The summed E-state index contributed by atoms with van der Waals surface area (Å²) in [4.78, 5) is 44.4. The molecule has 2 rings (SSSR count). The third-order valence-corrected chi connectivity index (χ3v) is 5.16. The van der Waals surface area contributed by atoms with Crippen molar-refractivity contribution in [3.8, 4) is 5.75 Å². The summed E-state index contributed by atoms with van der Waals surface area (Å²) >= 11 is 0. The summed E-state index contributed by atoms with van der Waals surface area (Å²) in [5.74, 6) is -0.169. The topological polar surface area (TPSA) is 124 Å². The second kappa shape index (κ2) is 14.8. The summed E-state index contributed by atoms with van der Waals surface area (Å²) in [5.41, 5.74) is 0.767. The van der Waals surface area contributed by atoms with Crippen LogP contribution in [0.4, 0.5) is 9.59 Å². The molecule has 0 aliphatic rings. The lowest BCUT2D eigenvalue weighted by molar-refractivity contribution is -0.187. The number of carbonyl (C=O) groups excluding carboxylic acids is 3. The Bertz CT molecular complexity index is 1020. The van der Waals surface area contributed by atoms with Crippen LogP contribution in [0.15, 0.2) is 54.6 Å². The molecule has 0 aliphatic carbocycles. The lowest BCUT2D eigenvalue weighted by Crippen LogP contribution is -2.49. The van der Waals surface area contributed by atoms with E-state index >= 15 is 0 Å². The lowest BCUT2D eigenvalue weighted by atomic mass is 10.2. The van der Waals surface area contributed by atoms with Crippen molar-refractivity contribution in [3.05, 3.63) is 65.7 Å². The molecule has 0 radical (unpaired) electrons. The zero-order valence-corrected chi connectivity index (χ0v) is 22.4. The standard InChI is InChI=1S/C27H36N2O9/c1-27(2,3)37-25(32)28(17-20-11-13-22(34-4)14-12-20)15-16-29(23(18-30)24(31)35-5)38-26(33)36-19-21-9-7-6-8-10-21/h6-14,23,30H,15-19H2,1-5H3/t23-/m1/s1. The molecule has 0 heterocycles.